The first-order valence-corrected chi connectivity index (χ1v) is 6.08. The second-order valence-corrected chi connectivity index (χ2v) is 4.95. The highest BCUT2D eigenvalue weighted by atomic mass is 16.4. The van der Waals surface area contributed by atoms with Gasteiger partial charge in [0.25, 0.3) is 0 Å². The molecule has 0 aliphatic carbocycles. The van der Waals surface area contributed by atoms with E-state index in [1.165, 1.54) is 0 Å². The molecule has 0 heterocycles. The molecule has 0 aromatic carbocycles. The van der Waals surface area contributed by atoms with Gasteiger partial charge in [0.1, 0.15) is 6.04 Å². The Hall–Kier alpha value is -1.10. The minimum absolute atomic E-state index is 0.216. The molecule has 100 valence electrons. The molecule has 0 aromatic heterocycles. The Kier molecular flexibility index (Phi) is 7.54. The molecule has 0 bridgehead atoms. The Morgan fingerprint density at radius 2 is 1.76 bits per heavy atom. The monoisotopic (exact) mass is 244 g/mol. The van der Waals surface area contributed by atoms with Crippen molar-refractivity contribution in [1.29, 1.82) is 0 Å². The van der Waals surface area contributed by atoms with E-state index >= 15 is 0 Å². The van der Waals surface area contributed by atoms with E-state index in [0.29, 0.717) is 25.4 Å². The van der Waals surface area contributed by atoms with Crippen LogP contribution in [0.3, 0.4) is 0 Å². The summed E-state index contributed by atoms with van der Waals surface area (Å²) < 4.78 is 0. The van der Waals surface area contributed by atoms with E-state index in [-0.39, 0.29) is 11.8 Å². The van der Waals surface area contributed by atoms with Gasteiger partial charge in [0, 0.05) is 19.0 Å². The van der Waals surface area contributed by atoms with Gasteiger partial charge in [0.2, 0.25) is 5.91 Å². The zero-order valence-corrected chi connectivity index (χ0v) is 11.1. The van der Waals surface area contributed by atoms with Gasteiger partial charge in [0.05, 0.1) is 0 Å². The average Bonchev–Trinajstić information content (AvgIpc) is 2.15. The molecule has 0 aliphatic rings. The molecule has 0 unspecified atom stereocenters. The molecule has 0 saturated carbocycles. The van der Waals surface area contributed by atoms with Crippen LogP contribution >= 0.6 is 0 Å². The predicted octanol–water partition coefficient (Wildman–Crippen LogP) is 0.990. The summed E-state index contributed by atoms with van der Waals surface area (Å²) in [6.45, 7) is 8.43. The van der Waals surface area contributed by atoms with Crippen molar-refractivity contribution in [2.45, 2.75) is 52.6 Å². The molecular weight excluding hydrogens is 220 g/mol. The van der Waals surface area contributed by atoms with E-state index in [9.17, 15) is 9.59 Å². The highest BCUT2D eigenvalue weighted by Gasteiger charge is 2.20. The maximum atomic E-state index is 11.5. The van der Waals surface area contributed by atoms with E-state index < -0.39 is 12.0 Å². The Bertz CT molecular complexity index is 252. The molecule has 1 amide bonds. The third-order valence-electron chi connectivity index (χ3n) is 2.25. The standard InChI is InChI=1S/C12H24N2O3/c1-8(2)7-10(12(16)17)14-11(15)5-6-13-9(3)4/h8-10,13H,5-7H2,1-4H3,(H,14,15)(H,16,17)/t10-/m1/s1. The summed E-state index contributed by atoms with van der Waals surface area (Å²) in [5, 5.41) is 14.6. The average molecular weight is 244 g/mol. The smallest absolute Gasteiger partial charge is 0.326 e. The topological polar surface area (TPSA) is 78.4 Å². The van der Waals surface area contributed by atoms with Crippen molar-refractivity contribution in [3.8, 4) is 0 Å². The third kappa shape index (κ3) is 8.68. The second-order valence-electron chi connectivity index (χ2n) is 4.95. The molecule has 5 heteroatoms. The van der Waals surface area contributed by atoms with E-state index in [2.05, 4.69) is 10.6 Å². The van der Waals surface area contributed by atoms with E-state index in [0.717, 1.165) is 0 Å². The quantitative estimate of drug-likeness (QED) is 0.595. The molecule has 0 aromatic rings. The summed E-state index contributed by atoms with van der Waals surface area (Å²) in [5.74, 6) is -0.944. The first-order chi connectivity index (χ1) is 7.82. The van der Waals surface area contributed by atoms with Crippen LogP contribution in [0.25, 0.3) is 0 Å². The second kappa shape index (κ2) is 8.06. The number of carbonyl (C=O) groups is 2. The fourth-order valence-electron chi connectivity index (χ4n) is 1.43. The van der Waals surface area contributed by atoms with Crippen molar-refractivity contribution in [1.82, 2.24) is 10.6 Å². The van der Waals surface area contributed by atoms with Crippen molar-refractivity contribution < 1.29 is 14.7 Å². The van der Waals surface area contributed by atoms with E-state index in [1.54, 1.807) is 0 Å². The number of carboxylic acids is 1. The first kappa shape index (κ1) is 15.9. The SMILES string of the molecule is CC(C)C[C@@H](NC(=O)CCNC(C)C)C(=O)O. The third-order valence-corrected chi connectivity index (χ3v) is 2.25. The Labute approximate surface area is 103 Å². The number of nitrogens with one attached hydrogen (secondary N) is 2. The Morgan fingerprint density at radius 1 is 1.18 bits per heavy atom. The molecule has 3 N–H and O–H groups in total. The van der Waals surface area contributed by atoms with Gasteiger partial charge < -0.3 is 15.7 Å². The molecule has 0 radical (unpaired) electrons. The first-order valence-electron chi connectivity index (χ1n) is 6.08. The van der Waals surface area contributed by atoms with E-state index in [4.69, 9.17) is 5.11 Å². The van der Waals surface area contributed by atoms with Crippen LogP contribution < -0.4 is 10.6 Å². The maximum absolute atomic E-state index is 11.5. The number of amides is 1. The van der Waals surface area contributed by atoms with Gasteiger partial charge in [0.15, 0.2) is 0 Å². The summed E-state index contributed by atoms with van der Waals surface area (Å²) in [6.07, 6.45) is 0.763. The summed E-state index contributed by atoms with van der Waals surface area (Å²) in [6, 6.07) is -0.449. The van der Waals surface area contributed by atoms with Crippen molar-refractivity contribution in [2.24, 2.45) is 5.92 Å². The van der Waals surface area contributed by atoms with E-state index in [1.807, 2.05) is 27.7 Å². The van der Waals surface area contributed by atoms with Crippen LogP contribution in [0.4, 0.5) is 0 Å². The lowest BCUT2D eigenvalue weighted by Crippen LogP contribution is -2.42. The molecule has 0 rings (SSSR count). The number of carboxylic acid groups (broad SMARTS) is 1. The van der Waals surface area contributed by atoms with Gasteiger partial charge in [-0.25, -0.2) is 4.79 Å². The lowest BCUT2D eigenvalue weighted by molar-refractivity contribution is -0.142. The zero-order valence-electron chi connectivity index (χ0n) is 11.1. The fraction of sp³-hybridized carbons (Fsp3) is 0.833. The van der Waals surface area contributed by atoms with Gasteiger partial charge >= 0.3 is 5.97 Å². The molecule has 0 spiro atoms. The normalized spacial score (nSPS) is 12.8. The van der Waals surface area contributed by atoms with Gasteiger partial charge in [-0.05, 0) is 12.3 Å². The highest BCUT2D eigenvalue weighted by Crippen LogP contribution is 2.05. The van der Waals surface area contributed by atoms with Crippen LogP contribution in [0.2, 0.25) is 0 Å². The van der Waals surface area contributed by atoms with Crippen molar-refractivity contribution in [3.05, 3.63) is 0 Å². The van der Waals surface area contributed by atoms with Crippen molar-refractivity contribution in [2.75, 3.05) is 6.54 Å². The number of aliphatic carboxylic acids is 1. The summed E-state index contributed by atoms with van der Waals surface area (Å²) in [4.78, 5) is 22.4. The minimum atomic E-state index is -0.969. The van der Waals surface area contributed by atoms with Crippen LogP contribution in [0.1, 0.15) is 40.5 Å². The van der Waals surface area contributed by atoms with Crippen LogP contribution in [-0.4, -0.2) is 35.6 Å². The summed E-state index contributed by atoms with van der Waals surface area (Å²) in [5.41, 5.74) is 0. The Balaban J connectivity index is 4.00. The fourth-order valence-corrected chi connectivity index (χ4v) is 1.43. The van der Waals surface area contributed by atoms with Gasteiger partial charge in [-0.1, -0.05) is 27.7 Å². The predicted molar refractivity (Wildman–Crippen MR) is 66.8 cm³/mol. The van der Waals surface area contributed by atoms with Crippen molar-refractivity contribution in [3.63, 3.8) is 0 Å². The van der Waals surface area contributed by atoms with Crippen molar-refractivity contribution >= 4 is 11.9 Å². The van der Waals surface area contributed by atoms with Crippen LogP contribution in [0, 0.1) is 5.92 Å². The van der Waals surface area contributed by atoms with Gasteiger partial charge in [-0.2, -0.15) is 0 Å². The Morgan fingerprint density at radius 3 is 2.18 bits per heavy atom. The summed E-state index contributed by atoms with van der Waals surface area (Å²) >= 11 is 0. The van der Waals surface area contributed by atoms with Gasteiger partial charge in [-0.15, -0.1) is 0 Å². The minimum Gasteiger partial charge on any atom is -0.480 e. The largest absolute Gasteiger partial charge is 0.480 e. The lowest BCUT2D eigenvalue weighted by Gasteiger charge is -2.16. The number of hydrogen-bond donors (Lipinski definition) is 3. The molecule has 0 fully saturated rings. The van der Waals surface area contributed by atoms with Crippen LogP contribution in [-0.2, 0) is 9.59 Å². The summed E-state index contributed by atoms with van der Waals surface area (Å²) in [7, 11) is 0. The molecule has 17 heavy (non-hydrogen) atoms. The highest BCUT2D eigenvalue weighted by molar-refractivity contribution is 5.83. The van der Waals surface area contributed by atoms with Crippen LogP contribution in [0.5, 0.6) is 0 Å². The molecule has 1 atom stereocenters. The van der Waals surface area contributed by atoms with Gasteiger partial charge in [-0.3, -0.25) is 4.79 Å². The van der Waals surface area contributed by atoms with Crippen LogP contribution in [0.15, 0.2) is 0 Å². The molecular formula is C12H24N2O3. The molecule has 5 nitrogen and oxygen atoms in total. The molecule has 0 aliphatic heterocycles. The zero-order chi connectivity index (χ0) is 13.4. The number of carbonyl (C=O) groups excluding carboxylic acids is 1. The maximum Gasteiger partial charge on any atom is 0.326 e. The number of rotatable bonds is 8. The molecule has 0 saturated heterocycles. The number of hydrogen-bond acceptors (Lipinski definition) is 3. The lowest BCUT2D eigenvalue weighted by atomic mass is 10.0.